The van der Waals surface area contributed by atoms with Crippen molar-refractivity contribution in [3.05, 3.63) is 0 Å². The Kier molecular flexibility index (Phi) is 6.57. The highest BCUT2D eigenvalue weighted by Crippen LogP contribution is 2.28. The molecule has 22 heavy (non-hydrogen) atoms. The minimum absolute atomic E-state index is 0.0766. The van der Waals surface area contributed by atoms with E-state index >= 15 is 0 Å². The van der Waals surface area contributed by atoms with Crippen molar-refractivity contribution in [3.8, 4) is 0 Å². The van der Waals surface area contributed by atoms with Gasteiger partial charge in [-0.3, -0.25) is 9.59 Å². The number of hydrogen-bond acceptors (Lipinski definition) is 4. The number of nitrogens with zero attached hydrogens (tertiary/aromatic N) is 1. The van der Waals surface area contributed by atoms with Crippen LogP contribution in [-0.2, 0) is 14.3 Å². The Morgan fingerprint density at radius 3 is 2.09 bits per heavy atom. The molecule has 0 aromatic carbocycles. The average molecular weight is 311 g/mol. The Hall–Kier alpha value is -1.39. The molecule has 0 spiro atoms. The van der Waals surface area contributed by atoms with E-state index in [1.807, 2.05) is 20.8 Å². The van der Waals surface area contributed by atoms with Crippen LogP contribution in [0.5, 0.6) is 0 Å². The van der Waals surface area contributed by atoms with Gasteiger partial charge in [0.25, 0.3) is 0 Å². The van der Waals surface area contributed by atoms with Gasteiger partial charge in [-0.2, -0.15) is 0 Å². The first-order valence-electron chi connectivity index (χ1n) is 8.26. The maximum absolute atomic E-state index is 12.4. The molecule has 0 radical (unpaired) electrons. The summed E-state index contributed by atoms with van der Waals surface area (Å²) in [5, 5.41) is 0. The molecule has 1 aliphatic heterocycles. The lowest BCUT2D eigenvalue weighted by atomic mass is 9.83. The summed E-state index contributed by atoms with van der Waals surface area (Å²) in [4.78, 5) is 38.6. The number of piperidine rings is 1. The van der Waals surface area contributed by atoms with Gasteiger partial charge in [0, 0.05) is 19.4 Å². The molecule has 1 amide bonds. The van der Waals surface area contributed by atoms with Crippen molar-refractivity contribution < 1.29 is 19.1 Å². The molecular weight excluding hydrogens is 282 g/mol. The lowest BCUT2D eigenvalue weighted by Gasteiger charge is -2.39. The largest absolute Gasteiger partial charge is 0.444 e. The van der Waals surface area contributed by atoms with E-state index in [9.17, 15) is 14.4 Å². The fourth-order valence-electron chi connectivity index (χ4n) is 2.90. The first-order valence-corrected chi connectivity index (χ1v) is 8.26. The Balaban J connectivity index is 3.01. The third kappa shape index (κ3) is 4.82. The summed E-state index contributed by atoms with van der Waals surface area (Å²) >= 11 is 0. The molecule has 1 rings (SSSR count). The van der Waals surface area contributed by atoms with Crippen LogP contribution in [-0.4, -0.2) is 40.7 Å². The van der Waals surface area contributed by atoms with Gasteiger partial charge >= 0.3 is 6.09 Å². The number of carbonyl (C=O) groups excluding carboxylic acids is 3. The monoisotopic (exact) mass is 311 g/mol. The van der Waals surface area contributed by atoms with E-state index in [4.69, 9.17) is 4.74 Å². The van der Waals surface area contributed by atoms with Crippen molar-refractivity contribution in [2.24, 2.45) is 5.92 Å². The van der Waals surface area contributed by atoms with Crippen LogP contribution < -0.4 is 0 Å². The predicted molar refractivity (Wildman–Crippen MR) is 84.7 cm³/mol. The van der Waals surface area contributed by atoms with E-state index in [1.54, 1.807) is 18.7 Å². The van der Waals surface area contributed by atoms with E-state index in [1.165, 1.54) is 0 Å². The third-order valence-electron chi connectivity index (χ3n) is 3.95. The highest BCUT2D eigenvalue weighted by atomic mass is 16.6. The summed E-state index contributed by atoms with van der Waals surface area (Å²) in [5.74, 6) is -0.859. The number of carbonyl (C=O) groups is 3. The zero-order chi connectivity index (χ0) is 16.9. The van der Waals surface area contributed by atoms with Crippen LogP contribution in [0.1, 0.15) is 66.7 Å². The zero-order valence-corrected chi connectivity index (χ0v) is 14.5. The Bertz CT molecular complexity index is 409. The number of Topliss-reactive ketones (excluding diaryl/α,β-unsaturated/α-hetero) is 2. The third-order valence-corrected chi connectivity index (χ3v) is 3.95. The molecule has 0 bridgehead atoms. The molecule has 0 aliphatic carbocycles. The van der Waals surface area contributed by atoms with Crippen LogP contribution in [0.2, 0.25) is 0 Å². The number of likely N-dealkylation sites (tertiary alicyclic amines) is 1. The highest BCUT2D eigenvalue weighted by Gasteiger charge is 2.40. The number of rotatable bonds is 5. The molecule has 0 saturated carbocycles. The summed E-state index contributed by atoms with van der Waals surface area (Å²) in [6.45, 7) is 9.52. The molecule has 0 N–H and O–H groups in total. The summed E-state index contributed by atoms with van der Waals surface area (Å²) in [6, 6.07) is -0.358. The summed E-state index contributed by atoms with van der Waals surface area (Å²) < 4.78 is 5.45. The van der Waals surface area contributed by atoms with Crippen LogP contribution >= 0.6 is 0 Å². The second kappa shape index (κ2) is 7.75. The van der Waals surface area contributed by atoms with Gasteiger partial charge < -0.3 is 9.64 Å². The maximum atomic E-state index is 12.4. The first kappa shape index (κ1) is 18.7. The van der Waals surface area contributed by atoms with Gasteiger partial charge in [0.05, 0.1) is 12.0 Å². The molecule has 5 nitrogen and oxygen atoms in total. The van der Waals surface area contributed by atoms with E-state index in [-0.39, 0.29) is 17.6 Å². The lowest BCUT2D eigenvalue weighted by Crippen LogP contribution is -2.52. The molecule has 1 heterocycles. The normalized spacial score (nSPS) is 19.2. The minimum Gasteiger partial charge on any atom is -0.444 e. The van der Waals surface area contributed by atoms with Crippen molar-refractivity contribution in [1.29, 1.82) is 0 Å². The van der Waals surface area contributed by atoms with Gasteiger partial charge in [0.1, 0.15) is 17.2 Å². The maximum Gasteiger partial charge on any atom is 0.410 e. The Morgan fingerprint density at radius 1 is 1.09 bits per heavy atom. The number of ketones is 2. The van der Waals surface area contributed by atoms with Crippen LogP contribution in [0, 0.1) is 5.92 Å². The van der Waals surface area contributed by atoms with Crippen molar-refractivity contribution in [3.63, 3.8) is 0 Å². The molecule has 1 unspecified atom stereocenters. The van der Waals surface area contributed by atoms with Gasteiger partial charge in [0.2, 0.25) is 0 Å². The topological polar surface area (TPSA) is 63.7 Å². The number of hydrogen-bond donors (Lipinski definition) is 0. The number of ether oxygens (including phenoxy) is 1. The summed E-state index contributed by atoms with van der Waals surface area (Å²) in [7, 11) is 0. The van der Waals surface area contributed by atoms with E-state index in [0.717, 1.165) is 12.8 Å². The molecule has 1 atom stereocenters. The standard InChI is InChI=1S/C17H29NO4/c1-6-13(19)15(14(20)7-2)12-10-8-9-11-18(12)16(21)22-17(3,4)5/h12,15H,6-11H2,1-5H3. The van der Waals surface area contributed by atoms with E-state index < -0.39 is 17.6 Å². The molecule has 0 aromatic heterocycles. The second-order valence-corrected chi connectivity index (χ2v) is 6.85. The van der Waals surface area contributed by atoms with Crippen LogP contribution in [0.4, 0.5) is 4.79 Å². The molecule has 5 heteroatoms. The second-order valence-electron chi connectivity index (χ2n) is 6.85. The number of amides is 1. The molecule has 1 saturated heterocycles. The van der Waals surface area contributed by atoms with Gasteiger partial charge in [-0.25, -0.2) is 4.79 Å². The van der Waals surface area contributed by atoms with Gasteiger partial charge in [-0.05, 0) is 40.0 Å². The first-order chi connectivity index (χ1) is 10.2. The fourth-order valence-corrected chi connectivity index (χ4v) is 2.90. The van der Waals surface area contributed by atoms with E-state index in [0.29, 0.717) is 25.8 Å². The Morgan fingerprint density at radius 2 is 1.64 bits per heavy atom. The van der Waals surface area contributed by atoms with Gasteiger partial charge in [0.15, 0.2) is 0 Å². The smallest absolute Gasteiger partial charge is 0.410 e. The van der Waals surface area contributed by atoms with Crippen molar-refractivity contribution in [1.82, 2.24) is 4.90 Å². The molecule has 1 fully saturated rings. The van der Waals surface area contributed by atoms with Crippen LogP contribution in [0.15, 0.2) is 0 Å². The lowest BCUT2D eigenvalue weighted by molar-refractivity contribution is -0.135. The molecule has 0 aromatic rings. The van der Waals surface area contributed by atoms with Crippen molar-refractivity contribution in [2.75, 3.05) is 6.54 Å². The Labute approximate surface area is 133 Å². The van der Waals surface area contributed by atoms with Crippen LogP contribution in [0.3, 0.4) is 0 Å². The SMILES string of the molecule is CCC(=O)C(C(=O)CC)C1CCCCN1C(=O)OC(C)(C)C. The van der Waals surface area contributed by atoms with Gasteiger partial charge in [-0.1, -0.05) is 13.8 Å². The summed E-state index contributed by atoms with van der Waals surface area (Å²) in [6.07, 6.45) is 2.69. The van der Waals surface area contributed by atoms with Crippen molar-refractivity contribution >= 4 is 17.7 Å². The van der Waals surface area contributed by atoms with E-state index in [2.05, 4.69) is 0 Å². The molecule has 126 valence electrons. The summed E-state index contributed by atoms with van der Waals surface area (Å²) in [5.41, 5.74) is -0.585. The van der Waals surface area contributed by atoms with Crippen molar-refractivity contribution in [2.45, 2.75) is 78.4 Å². The quantitative estimate of drug-likeness (QED) is 0.730. The highest BCUT2D eigenvalue weighted by molar-refractivity contribution is 6.03. The molecule has 1 aliphatic rings. The molecular formula is C17H29NO4. The zero-order valence-electron chi connectivity index (χ0n) is 14.5. The average Bonchev–Trinajstić information content (AvgIpc) is 2.45. The van der Waals surface area contributed by atoms with Crippen LogP contribution in [0.25, 0.3) is 0 Å². The minimum atomic E-state index is -0.706. The van der Waals surface area contributed by atoms with Gasteiger partial charge in [-0.15, -0.1) is 0 Å². The predicted octanol–water partition coefficient (Wildman–Crippen LogP) is 3.35. The fraction of sp³-hybridized carbons (Fsp3) is 0.824.